The van der Waals surface area contributed by atoms with Crippen molar-refractivity contribution >= 4 is 33.3 Å². The molecule has 0 fully saturated rings. The van der Waals surface area contributed by atoms with Crippen LogP contribution in [0.4, 0.5) is 0 Å². The van der Waals surface area contributed by atoms with Gasteiger partial charge in [0.05, 0.1) is 0 Å². The van der Waals surface area contributed by atoms with Crippen LogP contribution < -0.4 is 0 Å². The van der Waals surface area contributed by atoms with Gasteiger partial charge in [0.15, 0.2) is 5.16 Å². The molecule has 1 aliphatic heterocycles. The Morgan fingerprint density at radius 3 is 3.08 bits per heavy atom. The van der Waals surface area contributed by atoms with E-state index in [2.05, 4.69) is 31.7 Å². The maximum atomic E-state index is 4.63. The van der Waals surface area contributed by atoms with Crippen LogP contribution in [0.25, 0.3) is 10.2 Å². The number of hydrogen-bond donors (Lipinski definition) is 0. The molecule has 0 saturated heterocycles. The number of nitrogens with zero attached hydrogens (tertiary/aromatic N) is 5. The summed E-state index contributed by atoms with van der Waals surface area (Å²) >= 11 is 3.53. The third kappa shape index (κ3) is 2.77. The molecule has 0 saturated carbocycles. The summed E-state index contributed by atoms with van der Waals surface area (Å²) in [6.07, 6.45) is 10.0. The summed E-state index contributed by atoms with van der Waals surface area (Å²) in [5.74, 6) is 1.91. The Labute approximate surface area is 155 Å². The Morgan fingerprint density at radius 2 is 2.12 bits per heavy atom. The summed E-state index contributed by atoms with van der Waals surface area (Å²) in [5.41, 5.74) is 1.48. The van der Waals surface area contributed by atoms with Crippen LogP contribution >= 0.6 is 23.1 Å². The predicted molar refractivity (Wildman–Crippen MR) is 100 cm³/mol. The maximum absolute atomic E-state index is 4.63. The van der Waals surface area contributed by atoms with Crippen LogP contribution in [-0.2, 0) is 25.8 Å². The smallest absolute Gasteiger partial charge is 0.197 e. The highest BCUT2D eigenvalue weighted by atomic mass is 32.2. The van der Waals surface area contributed by atoms with Crippen LogP contribution in [0.3, 0.4) is 0 Å². The number of thiophene rings is 1. The van der Waals surface area contributed by atoms with Gasteiger partial charge in [0.1, 0.15) is 22.0 Å². The fraction of sp³-hybridized carbons (Fsp3) is 0.556. The van der Waals surface area contributed by atoms with Crippen molar-refractivity contribution in [1.82, 2.24) is 24.7 Å². The average Bonchev–Trinajstić information content (AvgIpc) is 3.07. The highest BCUT2D eigenvalue weighted by molar-refractivity contribution is 7.99. The fourth-order valence-electron chi connectivity index (χ4n) is 3.94. The monoisotopic (exact) mass is 371 g/mol. The van der Waals surface area contributed by atoms with E-state index in [1.54, 1.807) is 18.1 Å². The van der Waals surface area contributed by atoms with Gasteiger partial charge in [-0.2, -0.15) is 0 Å². The third-order valence-electron chi connectivity index (χ3n) is 5.32. The van der Waals surface area contributed by atoms with Crippen LogP contribution in [0.1, 0.15) is 48.9 Å². The lowest BCUT2D eigenvalue weighted by Gasteiger charge is -2.18. The number of hydrogen-bond acceptors (Lipinski definition) is 6. The number of aryl methyl sites for hydroxylation is 2. The second-order valence-corrected chi connectivity index (χ2v) is 9.21. The fourth-order valence-corrected chi connectivity index (χ4v) is 6.34. The number of fused-ring (bicyclic) bond motifs is 4. The first-order valence-corrected chi connectivity index (χ1v) is 10.8. The van der Waals surface area contributed by atoms with Gasteiger partial charge in [0, 0.05) is 23.2 Å². The molecule has 7 heteroatoms. The van der Waals surface area contributed by atoms with Crippen LogP contribution in [0, 0.1) is 5.92 Å². The molecule has 3 aromatic rings. The maximum Gasteiger partial charge on any atom is 0.197 e. The van der Waals surface area contributed by atoms with E-state index in [0.29, 0.717) is 0 Å². The molecular weight excluding hydrogens is 350 g/mol. The molecule has 4 heterocycles. The molecule has 3 aromatic heterocycles. The molecule has 0 amide bonds. The lowest BCUT2D eigenvalue weighted by molar-refractivity contribution is 0.509. The number of aromatic nitrogens is 5. The van der Waals surface area contributed by atoms with Crippen molar-refractivity contribution in [3.05, 3.63) is 22.6 Å². The molecule has 5 nitrogen and oxygen atoms in total. The van der Waals surface area contributed by atoms with Gasteiger partial charge in [-0.3, -0.25) is 0 Å². The van der Waals surface area contributed by atoms with Gasteiger partial charge >= 0.3 is 0 Å². The van der Waals surface area contributed by atoms with Crippen molar-refractivity contribution in [3.63, 3.8) is 0 Å². The first kappa shape index (κ1) is 15.8. The van der Waals surface area contributed by atoms with Crippen LogP contribution in [0.15, 0.2) is 16.5 Å². The van der Waals surface area contributed by atoms with E-state index in [-0.39, 0.29) is 0 Å². The summed E-state index contributed by atoms with van der Waals surface area (Å²) in [6, 6.07) is 0. The van der Waals surface area contributed by atoms with Crippen LogP contribution in [0.5, 0.6) is 0 Å². The Balaban J connectivity index is 1.57. The molecular formula is C18H21N5S2. The minimum absolute atomic E-state index is 0.775. The molecule has 0 bridgehead atoms. The zero-order chi connectivity index (χ0) is 16.8. The summed E-state index contributed by atoms with van der Waals surface area (Å²) in [5, 5.41) is 12.2. The van der Waals surface area contributed by atoms with Gasteiger partial charge in [-0.15, -0.1) is 21.5 Å². The van der Waals surface area contributed by atoms with Gasteiger partial charge in [0.25, 0.3) is 0 Å². The van der Waals surface area contributed by atoms with Crippen molar-refractivity contribution in [2.45, 2.75) is 68.6 Å². The van der Waals surface area contributed by atoms with Crippen molar-refractivity contribution in [2.75, 3.05) is 0 Å². The Hall–Kier alpha value is -1.47. The molecule has 2 aliphatic rings. The molecule has 0 unspecified atom stereocenters. The van der Waals surface area contributed by atoms with E-state index in [9.17, 15) is 0 Å². The summed E-state index contributed by atoms with van der Waals surface area (Å²) in [6.45, 7) is 3.37. The highest BCUT2D eigenvalue weighted by Crippen LogP contribution is 2.41. The van der Waals surface area contributed by atoms with Gasteiger partial charge in [0.2, 0.25) is 0 Å². The van der Waals surface area contributed by atoms with Crippen molar-refractivity contribution in [3.8, 4) is 0 Å². The molecule has 25 heavy (non-hydrogen) atoms. The van der Waals surface area contributed by atoms with Gasteiger partial charge in [-0.25, -0.2) is 9.97 Å². The van der Waals surface area contributed by atoms with E-state index in [4.69, 9.17) is 0 Å². The van der Waals surface area contributed by atoms with Crippen molar-refractivity contribution in [2.24, 2.45) is 5.92 Å². The van der Waals surface area contributed by atoms with Crippen LogP contribution in [0.2, 0.25) is 0 Å². The van der Waals surface area contributed by atoms with Crippen LogP contribution in [-0.4, -0.2) is 24.7 Å². The first-order valence-electron chi connectivity index (χ1n) is 9.15. The molecule has 0 spiro atoms. The molecule has 5 rings (SSSR count). The van der Waals surface area contributed by atoms with E-state index >= 15 is 0 Å². The molecule has 0 radical (unpaired) electrons. The minimum Gasteiger partial charge on any atom is -0.306 e. The first-order chi connectivity index (χ1) is 12.3. The largest absolute Gasteiger partial charge is 0.306 e. The second-order valence-electron chi connectivity index (χ2n) is 7.17. The lowest BCUT2D eigenvalue weighted by atomic mass is 9.89. The highest BCUT2D eigenvalue weighted by Gasteiger charge is 2.24. The molecule has 1 aliphatic carbocycles. The van der Waals surface area contributed by atoms with Gasteiger partial charge in [-0.05, 0) is 55.3 Å². The van der Waals surface area contributed by atoms with Gasteiger partial charge < -0.3 is 4.57 Å². The quantitative estimate of drug-likeness (QED) is 0.629. The topological polar surface area (TPSA) is 56.5 Å². The molecule has 1 atom stereocenters. The minimum atomic E-state index is 0.775. The third-order valence-corrected chi connectivity index (χ3v) is 7.47. The zero-order valence-corrected chi connectivity index (χ0v) is 16.0. The van der Waals surface area contributed by atoms with Crippen molar-refractivity contribution < 1.29 is 0 Å². The zero-order valence-electron chi connectivity index (χ0n) is 14.4. The second kappa shape index (κ2) is 6.36. The SMILES string of the molecule is C[C@H]1CCc2c(sc3ncnc(Sc4nnc5n4CCCCC5)c23)C1. The standard InChI is InChI=1S/C18H21N5S2/c1-11-6-7-12-13(9-11)24-16-15(12)17(20-10-19-16)25-18-22-21-14-5-3-2-4-8-23(14)18/h10-11H,2-9H2,1H3/t11-/m0/s1. The van der Waals surface area contributed by atoms with E-state index in [1.165, 1.54) is 47.9 Å². The Morgan fingerprint density at radius 1 is 1.16 bits per heavy atom. The molecule has 130 valence electrons. The molecule has 0 aromatic carbocycles. The normalized spacial score (nSPS) is 20.3. The molecule has 0 N–H and O–H groups in total. The van der Waals surface area contributed by atoms with E-state index < -0.39 is 0 Å². The number of rotatable bonds is 2. The summed E-state index contributed by atoms with van der Waals surface area (Å²) in [7, 11) is 0. The summed E-state index contributed by atoms with van der Waals surface area (Å²) < 4.78 is 2.30. The Kier molecular flexibility index (Phi) is 4.01. The van der Waals surface area contributed by atoms with E-state index in [1.807, 2.05) is 11.3 Å². The average molecular weight is 372 g/mol. The lowest BCUT2D eigenvalue weighted by Crippen LogP contribution is -2.08. The van der Waals surface area contributed by atoms with Crippen molar-refractivity contribution in [1.29, 1.82) is 0 Å². The Bertz CT molecular complexity index is 929. The predicted octanol–water partition coefficient (Wildman–Crippen LogP) is 4.29. The summed E-state index contributed by atoms with van der Waals surface area (Å²) in [4.78, 5) is 11.8. The van der Waals surface area contributed by atoms with E-state index in [0.717, 1.165) is 46.1 Å². The van der Waals surface area contributed by atoms with Gasteiger partial charge in [-0.1, -0.05) is 13.3 Å².